The van der Waals surface area contributed by atoms with Crippen molar-refractivity contribution in [3.05, 3.63) is 0 Å². The molecule has 0 N–H and O–H groups in total. The Morgan fingerprint density at radius 3 is 2.19 bits per heavy atom. The standard InChI is InChI=1S/C12H19NO3/c1-12(2,3)16-11(15)13-6-8-4-5-9(7-13)10(8)14/h8-9H,4-7H2,1-3H3/t8-,9-/m1/s1. The lowest BCUT2D eigenvalue weighted by molar-refractivity contribution is -0.127. The molecular weight excluding hydrogens is 206 g/mol. The molecule has 1 aliphatic heterocycles. The van der Waals surface area contributed by atoms with Crippen LogP contribution >= 0.6 is 0 Å². The fourth-order valence-electron chi connectivity index (χ4n) is 2.46. The van der Waals surface area contributed by atoms with Crippen LogP contribution in [0.25, 0.3) is 0 Å². The molecule has 1 amide bonds. The van der Waals surface area contributed by atoms with Crippen molar-refractivity contribution >= 4 is 11.9 Å². The molecule has 4 nitrogen and oxygen atoms in total. The van der Waals surface area contributed by atoms with E-state index in [1.165, 1.54) is 0 Å². The number of hydrogen-bond acceptors (Lipinski definition) is 3. The van der Waals surface area contributed by atoms with E-state index in [4.69, 9.17) is 4.74 Å². The van der Waals surface area contributed by atoms with Crippen molar-refractivity contribution in [1.29, 1.82) is 0 Å². The topological polar surface area (TPSA) is 46.6 Å². The zero-order chi connectivity index (χ0) is 11.9. The van der Waals surface area contributed by atoms with Gasteiger partial charge in [0.1, 0.15) is 11.4 Å². The van der Waals surface area contributed by atoms with Gasteiger partial charge in [-0.05, 0) is 33.6 Å². The predicted octanol–water partition coefficient (Wildman–Crippen LogP) is 1.83. The summed E-state index contributed by atoms with van der Waals surface area (Å²) in [5.41, 5.74) is -0.461. The van der Waals surface area contributed by atoms with E-state index in [9.17, 15) is 9.59 Å². The van der Waals surface area contributed by atoms with Crippen LogP contribution in [0.4, 0.5) is 4.79 Å². The number of ether oxygens (including phenoxy) is 1. The molecule has 2 fully saturated rings. The summed E-state index contributed by atoms with van der Waals surface area (Å²) in [5, 5.41) is 0. The van der Waals surface area contributed by atoms with Crippen LogP contribution in [0.1, 0.15) is 33.6 Å². The van der Waals surface area contributed by atoms with Gasteiger partial charge in [0.05, 0.1) is 0 Å². The van der Waals surface area contributed by atoms with Gasteiger partial charge in [0, 0.05) is 24.9 Å². The lowest BCUT2D eigenvalue weighted by Crippen LogP contribution is -2.47. The Kier molecular flexibility index (Phi) is 2.68. The van der Waals surface area contributed by atoms with Gasteiger partial charge in [-0.3, -0.25) is 4.79 Å². The summed E-state index contributed by atoms with van der Waals surface area (Å²) < 4.78 is 5.31. The molecule has 0 aromatic rings. The highest BCUT2D eigenvalue weighted by Gasteiger charge is 2.42. The minimum absolute atomic E-state index is 0.0614. The van der Waals surface area contributed by atoms with Crippen LogP contribution in [0.2, 0.25) is 0 Å². The van der Waals surface area contributed by atoms with Crippen LogP contribution in [0, 0.1) is 11.8 Å². The number of ketones is 1. The molecule has 0 unspecified atom stereocenters. The van der Waals surface area contributed by atoms with Crippen molar-refractivity contribution in [3.63, 3.8) is 0 Å². The molecular formula is C12H19NO3. The van der Waals surface area contributed by atoms with Gasteiger partial charge in [-0.2, -0.15) is 0 Å². The predicted molar refractivity (Wildman–Crippen MR) is 59.0 cm³/mol. The van der Waals surface area contributed by atoms with E-state index in [2.05, 4.69) is 0 Å². The highest BCUT2D eigenvalue weighted by molar-refractivity contribution is 5.88. The quantitative estimate of drug-likeness (QED) is 0.632. The SMILES string of the molecule is CC(C)(C)OC(=O)N1C[C@H]2CC[C@H](C1)C2=O. The molecule has 16 heavy (non-hydrogen) atoms. The molecule has 0 radical (unpaired) electrons. The number of amides is 1. The maximum atomic E-state index is 11.8. The van der Waals surface area contributed by atoms with E-state index in [0.717, 1.165) is 12.8 Å². The summed E-state index contributed by atoms with van der Waals surface area (Å²) >= 11 is 0. The summed E-state index contributed by atoms with van der Waals surface area (Å²) in [5.74, 6) is 0.470. The van der Waals surface area contributed by atoms with Gasteiger partial charge in [-0.15, -0.1) is 0 Å². The number of carbonyl (C=O) groups excluding carboxylic acids is 2. The Morgan fingerprint density at radius 1 is 1.25 bits per heavy atom. The number of fused-ring (bicyclic) bond motifs is 2. The summed E-state index contributed by atoms with van der Waals surface area (Å²) in [7, 11) is 0. The first-order valence-corrected chi connectivity index (χ1v) is 5.88. The van der Waals surface area contributed by atoms with E-state index in [1.54, 1.807) is 4.90 Å². The molecule has 1 saturated heterocycles. The molecule has 2 aliphatic rings. The number of nitrogens with zero attached hydrogens (tertiary/aromatic N) is 1. The van der Waals surface area contributed by atoms with Crippen molar-refractivity contribution in [2.45, 2.75) is 39.2 Å². The fraction of sp³-hybridized carbons (Fsp3) is 0.833. The van der Waals surface area contributed by atoms with Crippen molar-refractivity contribution in [1.82, 2.24) is 4.90 Å². The van der Waals surface area contributed by atoms with Crippen LogP contribution in [0.15, 0.2) is 0 Å². The summed E-state index contributed by atoms with van der Waals surface area (Å²) in [6.07, 6.45) is 1.59. The summed E-state index contributed by atoms with van der Waals surface area (Å²) in [4.78, 5) is 25.2. The van der Waals surface area contributed by atoms with Crippen LogP contribution < -0.4 is 0 Å². The zero-order valence-corrected chi connectivity index (χ0v) is 10.2. The van der Waals surface area contributed by atoms with Crippen molar-refractivity contribution in [3.8, 4) is 0 Å². The lowest BCUT2D eigenvalue weighted by Gasteiger charge is -2.32. The second kappa shape index (κ2) is 3.75. The van der Waals surface area contributed by atoms with Crippen LogP contribution in [-0.2, 0) is 9.53 Å². The number of rotatable bonds is 0. The summed E-state index contributed by atoms with van der Waals surface area (Å²) in [6.45, 7) is 6.66. The molecule has 0 aromatic heterocycles. The van der Waals surface area contributed by atoms with E-state index in [0.29, 0.717) is 18.9 Å². The average Bonchev–Trinajstić information content (AvgIpc) is 2.38. The smallest absolute Gasteiger partial charge is 0.410 e. The first-order valence-electron chi connectivity index (χ1n) is 5.88. The molecule has 0 spiro atoms. The van der Waals surface area contributed by atoms with E-state index < -0.39 is 5.60 Å². The van der Waals surface area contributed by atoms with Crippen LogP contribution in [0.3, 0.4) is 0 Å². The molecule has 2 atom stereocenters. The van der Waals surface area contributed by atoms with Gasteiger partial charge in [0.15, 0.2) is 0 Å². The molecule has 2 bridgehead atoms. The van der Waals surface area contributed by atoms with Gasteiger partial charge in [-0.1, -0.05) is 0 Å². The zero-order valence-electron chi connectivity index (χ0n) is 10.2. The number of piperidine rings is 1. The molecule has 1 saturated carbocycles. The van der Waals surface area contributed by atoms with E-state index in [1.807, 2.05) is 20.8 Å². The Morgan fingerprint density at radius 2 is 1.75 bits per heavy atom. The van der Waals surface area contributed by atoms with E-state index in [-0.39, 0.29) is 17.9 Å². The van der Waals surface area contributed by atoms with Crippen LogP contribution in [0.5, 0.6) is 0 Å². The first-order chi connectivity index (χ1) is 7.37. The van der Waals surface area contributed by atoms with Gasteiger partial charge < -0.3 is 9.64 Å². The number of hydrogen-bond donors (Lipinski definition) is 0. The number of Topliss-reactive ketones (excluding diaryl/α,β-unsaturated/α-hetero) is 1. The maximum Gasteiger partial charge on any atom is 0.410 e. The second-order valence-corrected chi connectivity index (χ2v) is 5.76. The van der Waals surface area contributed by atoms with Gasteiger partial charge >= 0.3 is 6.09 Å². The van der Waals surface area contributed by atoms with Crippen molar-refractivity contribution in [2.75, 3.05) is 13.1 Å². The fourth-order valence-corrected chi connectivity index (χ4v) is 2.46. The molecule has 1 heterocycles. The molecule has 1 aliphatic carbocycles. The van der Waals surface area contributed by atoms with Crippen molar-refractivity contribution in [2.24, 2.45) is 11.8 Å². The Labute approximate surface area is 95.9 Å². The van der Waals surface area contributed by atoms with Gasteiger partial charge in [0.25, 0.3) is 0 Å². The third-order valence-electron chi connectivity index (χ3n) is 3.20. The Balaban J connectivity index is 1.98. The molecule has 90 valence electrons. The monoisotopic (exact) mass is 225 g/mol. The normalized spacial score (nSPS) is 29.4. The molecule has 0 aromatic carbocycles. The lowest BCUT2D eigenvalue weighted by atomic mass is 9.97. The minimum Gasteiger partial charge on any atom is -0.444 e. The number of carbonyl (C=O) groups is 2. The van der Waals surface area contributed by atoms with E-state index >= 15 is 0 Å². The third kappa shape index (κ3) is 2.20. The average molecular weight is 225 g/mol. The maximum absolute atomic E-state index is 11.8. The molecule has 4 heteroatoms. The first kappa shape index (κ1) is 11.4. The third-order valence-corrected chi connectivity index (χ3v) is 3.20. The largest absolute Gasteiger partial charge is 0.444 e. The van der Waals surface area contributed by atoms with Gasteiger partial charge in [-0.25, -0.2) is 4.79 Å². The van der Waals surface area contributed by atoms with Crippen molar-refractivity contribution < 1.29 is 14.3 Å². The highest BCUT2D eigenvalue weighted by Crippen LogP contribution is 2.33. The minimum atomic E-state index is -0.461. The summed E-state index contributed by atoms with van der Waals surface area (Å²) in [6, 6.07) is 0. The Bertz CT molecular complexity index is 303. The van der Waals surface area contributed by atoms with Gasteiger partial charge in [0.2, 0.25) is 0 Å². The highest BCUT2D eigenvalue weighted by atomic mass is 16.6. The molecule has 2 rings (SSSR count). The Hall–Kier alpha value is -1.06. The number of likely N-dealkylation sites (tertiary alicyclic amines) is 1. The second-order valence-electron chi connectivity index (χ2n) is 5.76. The van der Waals surface area contributed by atoms with Crippen LogP contribution in [-0.4, -0.2) is 35.5 Å².